The molecule has 0 aromatic heterocycles. The zero-order chi connectivity index (χ0) is 15.5. The summed E-state index contributed by atoms with van der Waals surface area (Å²) in [5, 5.41) is 11.7. The lowest BCUT2D eigenvalue weighted by Gasteiger charge is -2.37. The maximum Gasteiger partial charge on any atom is 0.311 e. The summed E-state index contributed by atoms with van der Waals surface area (Å²) in [7, 11) is 0. The van der Waals surface area contributed by atoms with E-state index in [-0.39, 0.29) is 13.2 Å². The minimum absolute atomic E-state index is 0.106. The van der Waals surface area contributed by atoms with E-state index in [1.165, 1.54) is 18.2 Å². The first-order chi connectivity index (χ1) is 9.93. The molecule has 0 radical (unpaired) electrons. The highest BCUT2D eigenvalue weighted by Gasteiger charge is 2.44. The van der Waals surface area contributed by atoms with Gasteiger partial charge in [0.05, 0.1) is 9.89 Å². The third-order valence-electron chi connectivity index (χ3n) is 3.64. The topological polar surface area (TPSA) is 75.6 Å². The summed E-state index contributed by atoms with van der Waals surface area (Å²) in [6.07, 6.45) is 2.02. The number of benzene rings is 1. The molecular formula is C14H15BrFNO4. The highest BCUT2D eigenvalue weighted by atomic mass is 79.9. The Labute approximate surface area is 129 Å². The summed E-state index contributed by atoms with van der Waals surface area (Å²) < 4.78 is 18.6. The van der Waals surface area contributed by atoms with E-state index in [0.29, 0.717) is 23.1 Å². The normalized spacial score (nSPS) is 15.9. The van der Waals surface area contributed by atoms with Gasteiger partial charge in [0.25, 0.3) is 5.91 Å². The summed E-state index contributed by atoms with van der Waals surface area (Å²) >= 11 is 3.13. The molecule has 0 bridgehead atoms. The molecule has 1 amide bonds. The van der Waals surface area contributed by atoms with E-state index in [2.05, 4.69) is 21.2 Å². The number of ether oxygens (including phenoxy) is 1. The molecular weight excluding hydrogens is 345 g/mol. The first kappa shape index (κ1) is 15.8. The number of rotatable bonds is 6. The van der Waals surface area contributed by atoms with Crippen molar-refractivity contribution in [3.8, 4) is 5.75 Å². The van der Waals surface area contributed by atoms with Crippen LogP contribution in [0.4, 0.5) is 4.39 Å². The minimum Gasteiger partial charge on any atom is -0.483 e. The van der Waals surface area contributed by atoms with E-state index >= 15 is 0 Å². The van der Waals surface area contributed by atoms with Crippen LogP contribution in [0.15, 0.2) is 22.7 Å². The van der Waals surface area contributed by atoms with Gasteiger partial charge in [-0.25, -0.2) is 4.39 Å². The molecule has 0 aliphatic heterocycles. The predicted molar refractivity (Wildman–Crippen MR) is 76.5 cm³/mol. The second-order valence-electron chi connectivity index (χ2n) is 5.08. The van der Waals surface area contributed by atoms with Crippen molar-refractivity contribution in [1.29, 1.82) is 0 Å². The third-order valence-corrected chi connectivity index (χ3v) is 4.26. The molecule has 2 rings (SSSR count). The number of hydrogen-bond acceptors (Lipinski definition) is 3. The third kappa shape index (κ3) is 3.72. The van der Waals surface area contributed by atoms with Crippen LogP contribution in [0.2, 0.25) is 0 Å². The predicted octanol–water partition coefficient (Wildman–Crippen LogP) is 2.34. The van der Waals surface area contributed by atoms with E-state index in [1.54, 1.807) is 0 Å². The lowest BCUT2D eigenvalue weighted by molar-refractivity contribution is -0.154. The zero-order valence-corrected chi connectivity index (χ0v) is 12.8. The van der Waals surface area contributed by atoms with Crippen molar-refractivity contribution < 1.29 is 23.8 Å². The van der Waals surface area contributed by atoms with Gasteiger partial charge in [-0.05, 0) is 47.0 Å². The van der Waals surface area contributed by atoms with Gasteiger partial charge in [-0.15, -0.1) is 0 Å². The van der Waals surface area contributed by atoms with Crippen molar-refractivity contribution in [2.24, 2.45) is 5.41 Å². The summed E-state index contributed by atoms with van der Waals surface area (Å²) in [5.74, 6) is -1.34. The second kappa shape index (κ2) is 6.43. The van der Waals surface area contributed by atoms with Crippen molar-refractivity contribution in [3.05, 3.63) is 28.5 Å². The lowest BCUT2D eigenvalue weighted by atomic mass is 9.69. The van der Waals surface area contributed by atoms with Crippen LogP contribution in [0, 0.1) is 11.2 Å². The molecule has 1 fully saturated rings. The highest BCUT2D eigenvalue weighted by molar-refractivity contribution is 9.10. The molecule has 114 valence electrons. The van der Waals surface area contributed by atoms with Gasteiger partial charge in [0.15, 0.2) is 6.61 Å². The summed E-state index contributed by atoms with van der Waals surface area (Å²) in [5.41, 5.74) is -0.827. The van der Waals surface area contributed by atoms with Crippen LogP contribution in [-0.2, 0) is 9.59 Å². The number of hydrogen-bond donors (Lipinski definition) is 2. The Morgan fingerprint density at radius 1 is 1.43 bits per heavy atom. The van der Waals surface area contributed by atoms with Crippen LogP contribution in [0.25, 0.3) is 0 Å². The number of carbonyl (C=O) groups is 2. The van der Waals surface area contributed by atoms with E-state index in [0.717, 1.165) is 6.42 Å². The van der Waals surface area contributed by atoms with Crippen molar-refractivity contribution in [3.63, 3.8) is 0 Å². The fraction of sp³-hybridized carbons (Fsp3) is 0.429. The van der Waals surface area contributed by atoms with Gasteiger partial charge < -0.3 is 15.2 Å². The Morgan fingerprint density at radius 3 is 2.67 bits per heavy atom. The Hall–Kier alpha value is -1.63. The lowest BCUT2D eigenvalue weighted by Crippen LogP contribution is -2.48. The molecule has 5 nitrogen and oxygen atoms in total. The average Bonchev–Trinajstić information content (AvgIpc) is 2.36. The Morgan fingerprint density at radius 2 is 2.14 bits per heavy atom. The number of amides is 1. The van der Waals surface area contributed by atoms with Gasteiger partial charge in [-0.2, -0.15) is 0 Å². The molecule has 21 heavy (non-hydrogen) atoms. The van der Waals surface area contributed by atoms with E-state index in [9.17, 15) is 14.0 Å². The molecule has 1 saturated carbocycles. The first-order valence-corrected chi connectivity index (χ1v) is 7.30. The maximum atomic E-state index is 12.9. The van der Waals surface area contributed by atoms with Gasteiger partial charge in [0, 0.05) is 6.54 Å². The number of aliphatic carboxylic acids is 1. The monoisotopic (exact) mass is 359 g/mol. The van der Waals surface area contributed by atoms with Crippen molar-refractivity contribution >= 4 is 27.8 Å². The number of nitrogens with one attached hydrogen (secondary N) is 1. The summed E-state index contributed by atoms with van der Waals surface area (Å²) in [6, 6.07) is 3.88. The molecule has 0 unspecified atom stereocenters. The fourth-order valence-electron chi connectivity index (χ4n) is 2.12. The molecule has 0 saturated heterocycles. The summed E-state index contributed by atoms with van der Waals surface area (Å²) in [6.45, 7) is -0.144. The van der Waals surface area contributed by atoms with Crippen LogP contribution in [-0.4, -0.2) is 30.1 Å². The van der Waals surface area contributed by atoms with Crippen molar-refractivity contribution in [2.75, 3.05) is 13.2 Å². The quantitative estimate of drug-likeness (QED) is 0.817. The number of carboxylic acid groups (broad SMARTS) is 1. The van der Waals surface area contributed by atoms with Crippen LogP contribution in [0.3, 0.4) is 0 Å². The van der Waals surface area contributed by atoms with Crippen LogP contribution in [0.1, 0.15) is 19.3 Å². The smallest absolute Gasteiger partial charge is 0.311 e. The molecule has 1 aliphatic carbocycles. The minimum atomic E-state index is -0.878. The molecule has 1 aromatic carbocycles. The Kier molecular flexibility index (Phi) is 4.82. The SMILES string of the molecule is O=C(COc1ccc(F)cc1Br)NCC1(C(=O)O)CCC1. The Balaban J connectivity index is 1.81. The largest absolute Gasteiger partial charge is 0.483 e. The van der Waals surface area contributed by atoms with Gasteiger partial charge in [-0.3, -0.25) is 9.59 Å². The van der Waals surface area contributed by atoms with Gasteiger partial charge in [0.2, 0.25) is 0 Å². The van der Waals surface area contributed by atoms with Crippen LogP contribution >= 0.6 is 15.9 Å². The van der Waals surface area contributed by atoms with Crippen molar-refractivity contribution in [2.45, 2.75) is 19.3 Å². The van der Waals surface area contributed by atoms with E-state index in [1.807, 2.05) is 0 Å². The number of halogens is 2. The van der Waals surface area contributed by atoms with Gasteiger partial charge in [0.1, 0.15) is 11.6 Å². The fourth-order valence-corrected chi connectivity index (χ4v) is 2.59. The van der Waals surface area contributed by atoms with Gasteiger partial charge in [-0.1, -0.05) is 6.42 Å². The second-order valence-corrected chi connectivity index (χ2v) is 5.93. The van der Waals surface area contributed by atoms with Crippen molar-refractivity contribution in [1.82, 2.24) is 5.32 Å². The zero-order valence-electron chi connectivity index (χ0n) is 11.2. The van der Waals surface area contributed by atoms with E-state index in [4.69, 9.17) is 9.84 Å². The highest BCUT2D eigenvalue weighted by Crippen LogP contribution is 2.40. The number of carbonyl (C=O) groups excluding carboxylic acids is 1. The summed E-state index contributed by atoms with van der Waals surface area (Å²) in [4.78, 5) is 22.8. The maximum absolute atomic E-state index is 12.9. The average molecular weight is 360 g/mol. The molecule has 7 heteroatoms. The van der Waals surface area contributed by atoms with Crippen LogP contribution in [0.5, 0.6) is 5.75 Å². The van der Waals surface area contributed by atoms with E-state index < -0.39 is 23.1 Å². The standard InChI is InChI=1S/C14H15BrFNO4/c15-10-6-9(16)2-3-11(10)21-7-12(18)17-8-14(13(19)20)4-1-5-14/h2-3,6H,1,4-5,7-8H2,(H,17,18)(H,19,20). The molecule has 0 atom stereocenters. The number of carboxylic acids is 1. The van der Waals surface area contributed by atoms with Crippen LogP contribution < -0.4 is 10.1 Å². The Bertz CT molecular complexity index is 560. The molecule has 0 heterocycles. The molecule has 1 aliphatic rings. The van der Waals surface area contributed by atoms with Gasteiger partial charge >= 0.3 is 5.97 Å². The molecule has 1 aromatic rings. The molecule has 0 spiro atoms. The molecule has 2 N–H and O–H groups in total. The first-order valence-electron chi connectivity index (χ1n) is 6.51.